The van der Waals surface area contributed by atoms with Gasteiger partial charge in [0.25, 0.3) is 0 Å². The van der Waals surface area contributed by atoms with Crippen LogP contribution in [0.3, 0.4) is 0 Å². The van der Waals surface area contributed by atoms with Gasteiger partial charge in [0, 0.05) is 41.2 Å². The topological polar surface area (TPSA) is 34.1 Å². The van der Waals surface area contributed by atoms with Crippen LogP contribution in [0, 0.1) is 0 Å². The molecule has 0 saturated heterocycles. The van der Waals surface area contributed by atoms with Gasteiger partial charge in [0.1, 0.15) is 5.76 Å². The van der Waals surface area contributed by atoms with E-state index in [0.717, 1.165) is 12.2 Å². The molecule has 2 unspecified atom stereocenters. The van der Waals surface area contributed by atoms with Gasteiger partial charge in [0.15, 0.2) is 0 Å². The third kappa shape index (κ3) is 1.71. The van der Waals surface area contributed by atoms with Crippen molar-refractivity contribution in [1.29, 1.82) is 0 Å². The highest BCUT2D eigenvalue weighted by atomic mass is 32.2. The fourth-order valence-electron chi connectivity index (χ4n) is 3.02. The molecule has 0 saturated carbocycles. The van der Waals surface area contributed by atoms with Gasteiger partial charge < -0.3 is 10.1 Å². The van der Waals surface area contributed by atoms with Crippen molar-refractivity contribution in [2.45, 2.75) is 31.6 Å². The second-order valence-corrected chi connectivity index (χ2v) is 6.55. The number of nitrogens with one attached hydrogen (secondary N) is 1. The third-order valence-electron chi connectivity index (χ3n) is 3.98. The highest BCUT2D eigenvalue weighted by Gasteiger charge is 2.40. The van der Waals surface area contributed by atoms with Gasteiger partial charge in [-0.2, -0.15) is 0 Å². The summed E-state index contributed by atoms with van der Waals surface area (Å²) in [6, 6.07) is 4.16. The second-order valence-electron chi connectivity index (χ2n) is 5.41. The molecule has 1 aromatic rings. The first kappa shape index (κ1) is 12.1. The number of allylic oxidation sites excluding steroid dienone is 2. The summed E-state index contributed by atoms with van der Waals surface area (Å²) in [4.78, 5) is 5.41. The molecule has 0 radical (unpaired) electrons. The maximum absolute atomic E-state index is 6.20. The number of dihydropyridines is 1. The van der Waals surface area contributed by atoms with Crippen molar-refractivity contribution in [3.63, 3.8) is 0 Å². The van der Waals surface area contributed by atoms with Gasteiger partial charge in [-0.3, -0.25) is 4.98 Å². The van der Waals surface area contributed by atoms with Crippen LogP contribution in [-0.2, 0) is 4.74 Å². The maximum atomic E-state index is 6.20. The summed E-state index contributed by atoms with van der Waals surface area (Å²) in [5, 5.41) is 3.65. The molecule has 1 aromatic heterocycles. The molecule has 4 heterocycles. The lowest BCUT2D eigenvalue weighted by Crippen LogP contribution is -2.23. The fraction of sp³-hybridized carbons (Fsp3) is 0.312. The minimum absolute atomic E-state index is 0.239. The summed E-state index contributed by atoms with van der Waals surface area (Å²) in [5.74, 6) is 1.13. The molecule has 2 atom stereocenters. The van der Waals surface area contributed by atoms with E-state index >= 15 is 0 Å². The van der Waals surface area contributed by atoms with Crippen molar-refractivity contribution < 1.29 is 4.74 Å². The minimum atomic E-state index is 0.239. The molecular formula is C16H16N2OS. The SMILES string of the molecule is CC1=C2CC(C)OC3=C2C(=CN1)SC3c1ccncc1. The van der Waals surface area contributed by atoms with Crippen LogP contribution in [0.2, 0.25) is 0 Å². The lowest BCUT2D eigenvalue weighted by atomic mass is 9.91. The number of ether oxygens (including phenoxy) is 1. The van der Waals surface area contributed by atoms with E-state index in [1.54, 1.807) is 0 Å². The molecule has 0 amide bonds. The largest absolute Gasteiger partial charge is 0.492 e. The smallest absolute Gasteiger partial charge is 0.123 e. The van der Waals surface area contributed by atoms with Gasteiger partial charge in [0.05, 0.1) is 11.4 Å². The lowest BCUT2D eigenvalue weighted by Gasteiger charge is -2.29. The Morgan fingerprint density at radius 3 is 2.95 bits per heavy atom. The molecule has 3 aliphatic rings. The average molecular weight is 284 g/mol. The van der Waals surface area contributed by atoms with Crippen molar-refractivity contribution in [2.75, 3.05) is 0 Å². The van der Waals surface area contributed by atoms with Crippen LogP contribution in [0.15, 0.2) is 58.2 Å². The summed E-state index contributed by atoms with van der Waals surface area (Å²) >= 11 is 1.87. The molecule has 0 bridgehead atoms. The molecule has 3 nitrogen and oxygen atoms in total. The van der Waals surface area contributed by atoms with Crippen LogP contribution in [0.1, 0.15) is 31.1 Å². The normalized spacial score (nSPS) is 27.8. The first-order chi connectivity index (χ1) is 9.74. The molecular weight excluding hydrogens is 268 g/mol. The van der Waals surface area contributed by atoms with E-state index in [4.69, 9.17) is 4.74 Å². The van der Waals surface area contributed by atoms with E-state index in [1.165, 1.54) is 27.3 Å². The number of rotatable bonds is 1. The molecule has 4 heteroatoms. The van der Waals surface area contributed by atoms with E-state index < -0.39 is 0 Å². The summed E-state index contributed by atoms with van der Waals surface area (Å²) < 4.78 is 6.20. The first-order valence-electron chi connectivity index (χ1n) is 6.88. The van der Waals surface area contributed by atoms with E-state index in [9.17, 15) is 0 Å². The predicted octanol–water partition coefficient (Wildman–Crippen LogP) is 3.65. The molecule has 0 aromatic carbocycles. The quantitative estimate of drug-likeness (QED) is 0.853. The summed E-state index contributed by atoms with van der Waals surface area (Å²) in [7, 11) is 0. The monoisotopic (exact) mass is 284 g/mol. The van der Waals surface area contributed by atoms with Crippen LogP contribution in [0.4, 0.5) is 0 Å². The Balaban J connectivity index is 1.86. The minimum Gasteiger partial charge on any atom is -0.492 e. The van der Waals surface area contributed by atoms with Crippen molar-refractivity contribution in [1.82, 2.24) is 10.3 Å². The highest BCUT2D eigenvalue weighted by molar-refractivity contribution is 8.04. The Morgan fingerprint density at radius 1 is 1.35 bits per heavy atom. The van der Waals surface area contributed by atoms with E-state index in [2.05, 4.69) is 42.5 Å². The predicted molar refractivity (Wildman–Crippen MR) is 80.7 cm³/mol. The number of hydrogen-bond acceptors (Lipinski definition) is 4. The fourth-order valence-corrected chi connectivity index (χ4v) is 4.32. The molecule has 3 aliphatic heterocycles. The molecule has 20 heavy (non-hydrogen) atoms. The Hall–Kier alpha value is -1.68. The number of aromatic nitrogens is 1. The van der Waals surface area contributed by atoms with Crippen LogP contribution in [-0.4, -0.2) is 11.1 Å². The highest BCUT2D eigenvalue weighted by Crippen LogP contribution is 2.57. The van der Waals surface area contributed by atoms with Crippen LogP contribution in [0.5, 0.6) is 0 Å². The molecule has 1 N–H and O–H groups in total. The van der Waals surface area contributed by atoms with Crippen molar-refractivity contribution in [2.24, 2.45) is 0 Å². The summed E-state index contributed by atoms with van der Waals surface area (Å²) in [6.07, 6.45) is 7.04. The third-order valence-corrected chi connectivity index (χ3v) is 5.28. The molecule has 0 fully saturated rings. The standard InChI is InChI=1S/C16H16N2OS/c1-9-7-12-10(2)18-8-13-14(12)15(19-9)16(20-13)11-3-5-17-6-4-11/h3-6,8-9,16,18H,7H2,1-2H3. The maximum Gasteiger partial charge on any atom is 0.123 e. The zero-order chi connectivity index (χ0) is 13.7. The van der Waals surface area contributed by atoms with Crippen LogP contribution >= 0.6 is 11.8 Å². The van der Waals surface area contributed by atoms with Gasteiger partial charge in [0.2, 0.25) is 0 Å². The Labute approximate surface area is 122 Å². The van der Waals surface area contributed by atoms with E-state index in [1.807, 2.05) is 24.2 Å². The van der Waals surface area contributed by atoms with E-state index in [0.29, 0.717) is 0 Å². The van der Waals surface area contributed by atoms with Crippen molar-refractivity contribution in [3.8, 4) is 0 Å². The second kappa shape index (κ2) is 4.42. The Bertz CT molecular complexity index is 660. The van der Waals surface area contributed by atoms with Crippen molar-refractivity contribution >= 4 is 11.8 Å². The number of thioether (sulfide) groups is 1. The molecule has 4 rings (SSSR count). The number of nitrogens with zero attached hydrogens (tertiary/aromatic N) is 1. The van der Waals surface area contributed by atoms with Gasteiger partial charge >= 0.3 is 0 Å². The van der Waals surface area contributed by atoms with Crippen LogP contribution in [0.25, 0.3) is 0 Å². The van der Waals surface area contributed by atoms with Gasteiger partial charge in [-0.15, -0.1) is 11.8 Å². The average Bonchev–Trinajstić information content (AvgIpc) is 2.83. The summed E-state index contributed by atoms with van der Waals surface area (Å²) in [6.45, 7) is 4.30. The first-order valence-corrected chi connectivity index (χ1v) is 7.76. The van der Waals surface area contributed by atoms with Gasteiger partial charge in [-0.25, -0.2) is 0 Å². The molecule has 0 spiro atoms. The number of hydrogen-bond donors (Lipinski definition) is 1. The van der Waals surface area contributed by atoms with E-state index in [-0.39, 0.29) is 11.4 Å². The van der Waals surface area contributed by atoms with Crippen molar-refractivity contribution in [3.05, 3.63) is 63.8 Å². The molecule has 102 valence electrons. The number of pyridine rings is 1. The zero-order valence-electron chi connectivity index (χ0n) is 11.5. The van der Waals surface area contributed by atoms with Crippen LogP contribution < -0.4 is 5.32 Å². The van der Waals surface area contributed by atoms with Gasteiger partial charge in [-0.1, -0.05) is 0 Å². The zero-order valence-corrected chi connectivity index (χ0v) is 12.3. The van der Waals surface area contributed by atoms with Gasteiger partial charge in [-0.05, 0) is 37.1 Å². The Kier molecular flexibility index (Phi) is 2.67. The molecule has 0 aliphatic carbocycles. The summed E-state index contributed by atoms with van der Waals surface area (Å²) in [5.41, 5.74) is 5.26. The lowest BCUT2D eigenvalue weighted by molar-refractivity contribution is 0.116. The Morgan fingerprint density at radius 2 is 2.15 bits per heavy atom.